The van der Waals surface area contributed by atoms with E-state index >= 15 is 0 Å². The summed E-state index contributed by atoms with van der Waals surface area (Å²) in [7, 11) is -3.63. The first-order chi connectivity index (χ1) is 16.4. The molecule has 0 radical (unpaired) electrons. The van der Waals surface area contributed by atoms with Gasteiger partial charge in [0.2, 0.25) is 21.8 Å². The number of piperazine rings is 1. The molecule has 34 heavy (non-hydrogen) atoms. The number of nitrogens with zero attached hydrogens (tertiary/aromatic N) is 3. The van der Waals surface area contributed by atoms with Crippen molar-refractivity contribution < 1.29 is 18.0 Å². The normalized spacial score (nSPS) is 20.0. The number of rotatable bonds is 7. The molecule has 0 bridgehead atoms. The van der Waals surface area contributed by atoms with Gasteiger partial charge in [0.05, 0.1) is 11.4 Å². The maximum atomic E-state index is 12.7. The zero-order valence-electron chi connectivity index (χ0n) is 20.1. The minimum atomic E-state index is -3.63. The molecule has 0 saturated carbocycles. The number of fused-ring (bicyclic) bond motifs is 1. The standard InChI is InChI=1S/C25H38N4O4S/c30-24(11-12-26-34(32,33)23-10-9-21-7-3-4-8-22(21)19-23)29-17-15-27(16-18-29)20-25(31)28-13-5-1-2-6-14-28/h9-10,19,26H,1-8,11-18,20H2. The highest BCUT2D eigenvalue weighted by atomic mass is 32.2. The van der Waals surface area contributed by atoms with E-state index in [0.29, 0.717) is 32.7 Å². The third-order valence-corrected chi connectivity index (χ3v) is 8.76. The molecule has 8 nitrogen and oxygen atoms in total. The molecule has 188 valence electrons. The minimum Gasteiger partial charge on any atom is -0.342 e. The number of carbonyl (C=O) groups excluding carboxylic acids is 2. The highest BCUT2D eigenvalue weighted by molar-refractivity contribution is 7.89. The van der Waals surface area contributed by atoms with Gasteiger partial charge in [-0.15, -0.1) is 0 Å². The van der Waals surface area contributed by atoms with Crippen LogP contribution in [0.15, 0.2) is 23.1 Å². The van der Waals surface area contributed by atoms with Crippen molar-refractivity contribution in [3.63, 3.8) is 0 Å². The fourth-order valence-electron chi connectivity index (χ4n) is 5.18. The Kier molecular flexibility index (Phi) is 8.60. The van der Waals surface area contributed by atoms with Crippen molar-refractivity contribution in [2.24, 2.45) is 0 Å². The van der Waals surface area contributed by atoms with Crippen LogP contribution in [0.5, 0.6) is 0 Å². The van der Waals surface area contributed by atoms with Gasteiger partial charge in [-0.1, -0.05) is 18.9 Å². The Bertz CT molecular complexity index is 965. The first kappa shape index (κ1) is 25.1. The predicted octanol–water partition coefficient (Wildman–Crippen LogP) is 1.78. The number of sulfonamides is 1. The number of likely N-dealkylation sites (tertiary alicyclic amines) is 1. The molecule has 1 N–H and O–H groups in total. The van der Waals surface area contributed by atoms with Crippen LogP contribution in [0.2, 0.25) is 0 Å². The number of benzene rings is 1. The maximum absolute atomic E-state index is 12.7. The monoisotopic (exact) mass is 490 g/mol. The molecule has 1 aliphatic carbocycles. The van der Waals surface area contributed by atoms with Gasteiger partial charge < -0.3 is 9.80 Å². The summed E-state index contributed by atoms with van der Waals surface area (Å²) in [6.45, 7) is 4.72. The lowest BCUT2D eigenvalue weighted by Crippen LogP contribution is -2.52. The largest absolute Gasteiger partial charge is 0.342 e. The third kappa shape index (κ3) is 6.58. The highest BCUT2D eigenvalue weighted by Crippen LogP contribution is 2.24. The Hall–Kier alpha value is -1.97. The number of nitrogens with one attached hydrogen (secondary N) is 1. The molecule has 0 atom stereocenters. The van der Waals surface area contributed by atoms with Crippen molar-refractivity contribution in [2.75, 3.05) is 52.4 Å². The van der Waals surface area contributed by atoms with E-state index < -0.39 is 10.0 Å². The van der Waals surface area contributed by atoms with E-state index in [4.69, 9.17) is 0 Å². The first-order valence-corrected chi connectivity index (χ1v) is 14.3. The van der Waals surface area contributed by atoms with Gasteiger partial charge in [-0.2, -0.15) is 0 Å². The summed E-state index contributed by atoms with van der Waals surface area (Å²) in [5, 5.41) is 0. The van der Waals surface area contributed by atoms with Gasteiger partial charge in [0.15, 0.2) is 0 Å². The fourth-order valence-corrected chi connectivity index (χ4v) is 6.26. The zero-order chi connectivity index (χ0) is 24.0. The number of amides is 2. The van der Waals surface area contributed by atoms with E-state index in [1.54, 1.807) is 17.0 Å². The zero-order valence-corrected chi connectivity index (χ0v) is 21.0. The molecule has 2 saturated heterocycles. The molecule has 0 aromatic heterocycles. The van der Waals surface area contributed by atoms with Crippen molar-refractivity contribution in [1.82, 2.24) is 19.4 Å². The minimum absolute atomic E-state index is 0.0494. The Labute approximate surface area is 203 Å². The Morgan fingerprint density at radius 2 is 1.41 bits per heavy atom. The van der Waals surface area contributed by atoms with Crippen LogP contribution >= 0.6 is 0 Å². The summed E-state index contributed by atoms with van der Waals surface area (Å²) in [5.41, 5.74) is 2.37. The smallest absolute Gasteiger partial charge is 0.240 e. The van der Waals surface area contributed by atoms with Gasteiger partial charge in [-0.25, -0.2) is 13.1 Å². The van der Waals surface area contributed by atoms with Crippen LogP contribution in [0, 0.1) is 0 Å². The van der Waals surface area contributed by atoms with E-state index in [2.05, 4.69) is 9.62 Å². The summed E-state index contributed by atoms with van der Waals surface area (Å²) in [4.78, 5) is 31.4. The summed E-state index contributed by atoms with van der Waals surface area (Å²) >= 11 is 0. The Balaban J connectivity index is 1.19. The lowest BCUT2D eigenvalue weighted by atomic mass is 9.92. The van der Waals surface area contributed by atoms with E-state index in [1.807, 2.05) is 11.0 Å². The van der Waals surface area contributed by atoms with Crippen molar-refractivity contribution in [3.05, 3.63) is 29.3 Å². The van der Waals surface area contributed by atoms with Crippen LogP contribution in [0.3, 0.4) is 0 Å². The number of carbonyl (C=O) groups is 2. The molecule has 2 amide bonds. The molecule has 2 heterocycles. The summed E-state index contributed by atoms with van der Waals surface area (Å²) in [6, 6.07) is 5.37. The summed E-state index contributed by atoms with van der Waals surface area (Å²) in [5.74, 6) is 0.143. The van der Waals surface area contributed by atoms with E-state index in [-0.39, 0.29) is 29.7 Å². The van der Waals surface area contributed by atoms with Gasteiger partial charge >= 0.3 is 0 Å². The lowest BCUT2D eigenvalue weighted by molar-refractivity contribution is -0.135. The van der Waals surface area contributed by atoms with E-state index in [0.717, 1.165) is 57.2 Å². The second-order valence-electron chi connectivity index (χ2n) is 9.74. The molecule has 4 rings (SSSR count). The lowest BCUT2D eigenvalue weighted by Gasteiger charge is -2.35. The summed E-state index contributed by atoms with van der Waals surface area (Å²) in [6.07, 6.45) is 8.90. The second kappa shape index (κ2) is 11.6. The second-order valence-corrected chi connectivity index (χ2v) is 11.5. The molecule has 0 spiro atoms. The van der Waals surface area contributed by atoms with Gasteiger partial charge in [0.25, 0.3) is 0 Å². The van der Waals surface area contributed by atoms with Crippen molar-refractivity contribution in [1.29, 1.82) is 0 Å². The van der Waals surface area contributed by atoms with E-state index in [1.165, 1.54) is 18.4 Å². The molecule has 1 aromatic rings. The molecule has 1 aromatic carbocycles. The average molecular weight is 491 g/mol. The third-order valence-electron chi connectivity index (χ3n) is 7.30. The molecule has 9 heteroatoms. The van der Waals surface area contributed by atoms with Crippen LogP contribution < -0.4 is 4.72 Å². The highest BCUT2D eigenvalue weighted by Gasteiger charge is 2.25. The SMILES string of the molecule is O=C(CCNS(=O)(=O)c1ccc2c(c1)CCCC2)N1CCN(CC(=O)N2CCCCCC2)CC1. The molecular formula is C25H38N4O4S. The number of aryl methyl sites for hydroxylation is 2. The number of hydrogen-bond donors (Lipinski definition) is 1. The van der Waals surface area contributed by atoms with Crippen LogP contribution in [0.4, 0.5) is 0 Å². The van der Waals surface area contributed by atoms with Crippen LogP contribution in [0.1, 0.15) is 56.1 Å². The molecule has 0 unspecified atom stereocenters. The molecule has 3 aliphatic rings. The van der Waals surface area contributed by atoms with Gasteiger partial charge in [-0.05, 0) is 61.8 Å². The molecule has 2 fully saturated rings. The molecule has 2 aliphatic heterocycles. The quantitative estimate of drug-likeness (QED) is 0.629. The number of hydrogen-bond acceptors (Lipinski definition) is 5. The Morgan fingerprint density at radius 3 is 2.12 bits per heavy atom. The van der Waals surface area contributed by atoms with Gasteiger partial charge in [-0.3, -0.25) is 14.5 Å². The molecular weight excluding hydrogens is 452 g/mol. The predicted molar refractivity (Wildman–Crippen MR) is 131 cm³/mol. The van der Waals surface area contributed by atoms with Gasteiger partial charge in [0, 0.05) is 52.2 Å². The summed E-state index contributed by atoms with van der Waals surface area (Å²) < 4.78 is 28.0. The average Bonchev–Trinajstić information content (AvgIpc) is 3.14. The van der Waals surface area contributed by atoms with Gasteiger partial charge in [0.1, 0.15) is 0 Å². The fraction of sp³-hybridized carbons (Fsp3) is 0.680. The van der Waals surface area contributed by atoms with Crippen LogP contribution in [0.25, 0.3) is 0 Å². The topological polar surface area (TPSA) is 90.0 Å². The first-order valence-electron chi connectivity index (χ1n) is 12.8. The van der Waals surface area contributed by atoms with Crippen molar-refractivity contribution in [3.8, 4) is 0 Å². The van der Waals surface area contributed by atoms with E-state index in [9.17, 15) is 18.0 Å². The van der Waals surface area contributed by atoms with Crippen molar-refractivity contribution in [2.45, 2.75) is 62.7 Å². The van der Waals surface area contributed by atoms with Crippen molar-refractivity contribution >= 4 is 21.8 Å². The van der Waals surface area contributed by atoms with Crippen LogP contribution in [-0.2, 0) is 32.5 Å². The maximum Gasteiger partial charge on any atom is 0.240 e. The Morgan fingerprint density at radius 1 is 0.765 bits per heavy atom. The van der Waals surface area contributed by atoms with Crippen LogP contribution in [-0.4, -0.2) is 87.3 Å².